The fourth-order valence-electron chi connectivity index (χ4n) is 2.56. The Bertz CT molecular complexity index is 586. The number of hydrogen-bond acceptors (Lipinski definition) is 5. The lowest BCUT2D eigenvalue weighted by Gasteiger charge is -2.28. The highest BCUT2D eigenvalue weighted by molar-refractivity contribution is 7.99. The van der Waals surface area contributed by atoms with Crippen molar-refractivity contribution in [2.75, 3.05) is 25.4 Å². The zero-order chi connectivity index (χ0) is 17.2. The number of pyridine rings is 1. The molecule has 5 nitrogen and oxygen atoms in total. The number of amides is 1. The highest BCUT2D eigenvalue weighted by atomic mass is 32.2. The van der Waals surface area contributed by atoms with Gasteiger partial charge in [0.15, 0.2) is 0 Å². The van der Waals surface area contributed by atoms with Crippen LogP contribution >= 0.6 is 11.8 Å². The Morgan fingerprint density at radius 3 is 2.67 bits per heavy atom. The standard InChI is InChI=1S/C18H25N3O2S/c1-3-21(4-2)16(17-6-5-11-23-17)12-20-18(22)14-24-13-15-7-9-19-10-8-15/h5-11,16H,3-4,12-14H2,1-2H3,(H,20,22)/t16-/m0/s1. The predicted octanol–water partition coefficient (Wildman–Crippen LogP) is 3.11. The van der Waals surface area contributed by atoms with Crippen molar-refractivity contribution in [3.05, 3.63) is 54.2 Å². The Morgan fingerprint density at radius 1 is 1.29 bits per heavy atom. The molecular weight excluding hydrogens is 322 g/mol. The van der Waals surface area contributed by atoms with Crippen LogP contribution in [0.4, 0.5) is 0 Å². The molecule has 0 aliphatic heterocycles. The van der Waals surface area contributed by atoms with Crippen molar-refractivity contribution in [2.45, 2.75) is 25.6 Å². The van der Waals surface area contributed by atoms with Crippen LogP contribution in [0.3, 0.4) is 0 Å². The van der Waals surface area contributed by atoms with Gasteiger partial charge in [0.2, 0.25) is 5.91 Å². The number of hydrogen-bond donors (Lipinski definition) is 1. The van der Waals surface area contributed by atoms with Gasteiger partial charge in [0.25, 0.3) is 0 Å². The molecule has 1 amide bonds. The van der Waals surface area contributed by atoms with E-state index in [0.717, 1.165) is 24.6 Å². The maximum Gasteiger partial charge on any atom is 0.230 e. The van der Waals surface area contributed by atoms with Crippen LogP contribution in [0.15, 0.2) is 47.3 Å². The number of carbonyl (C=O) groups is 1. The summed E-state index contributed by atoms with van der Waals surface area (Å²) in [6, 6.07) is 7.87. The van der Waals surface area contributed by atoms with Crippen molar-refractivity contribution in [3.63, 3.8) is 0 Å². The number of rotatable bonds is 10. The van der Waals surface area contributed by atoms with E-state index >= 15 is 0 Å². The van der Waals surface area contributed by atoms with E-state index in [1.54, 1.807) is 30.4 Å². The van der Waals surface area contributed by atoms with Crippen LogP contribution in [0.1, 0.15) is 31.2 Å². The smallest absolute Gasteiger partial charge is 0.230 e. The Kier molecular flexibility index (Phi) is 7.85. The number of thioether (sulfide) groups is 1. The van der Waals surface area contributed by atoms with E-state index < -0.39 is 0 Å². The van der Waals surface area contributed by atoms with E-state index in [2.05, 4.69) is 29.0 Å². The second-order valence-corrected chi connectivity index (χ2v) is 6.39. The zero-order valence-corrected chi connectivity index (χ0v) is 15.1. The maximum absolute atomic E-state index is 12.1. The van der Waals surface area contributed by atoms with Gasteiger partial charge in [0.05, 0.1) is 18.1 Å². The lowest BCUT2D eigenvalue weighted by molar-refractivity contribution is -0.118. The number of nitrogens with one attached hydrogen (secondary N) is 1. The fourth-order valence-corrected chi connectivity index (χ4v) is 3.37. The van der Waals surface area contributed by atoms with Gasteiger partial charge in [0.1, 0.15) is 5.76 Å². The van der Waals surface area contributed by atoms with E-state index in [-0.39, 0.29) is 11.9 Å². The fraction of sp³-hybridized carbons (Fsp3) is 0.444. The minimum Gasteiger partial charge on any atom is -0.468 e. The van der Waals surface area contributed by atoms with Gasteiger partial charge in [-0.1, -0.05) is 13.8 Å². The molecule has 0 fully saturated rings. The topological polar surface area (TPSA) is 58.4 Å². The molecule has 1 N–H and O–H groups in total. The summed E-state index contributed by atoms with van der Waals surface area (Å²) in [5, 5.41) is 3.03. The van der Waals surface area contributed by atoms with E-state index in [0.29, 0.717) is 12.3 Å². The quantitative estimate of drug-likeness (QED) is 0.716. The van der Waals surface area contributed by atoms with Crippen LogP contribution in [0.5, 0.6) is 0 Å². The molecule has 2 rings (SSSR count). The molecule has 0 unspecified atom stereocenters. The third-order valence-electron chi connectivity index (χ3n) is 3.87. The number of furan rings is 1. The molecule has 0 saturated heterocycles. The summed E-state index contributed by atoms with van der Waals surface area (Å²) >= 11 is 1.61. The number of nitrogens with zero attached hydrogens (tertiary/aromatic N) is 2. The third kappa shape index (κ3) is 5.69. The summed E-state index contributed by atoms with van der Waals surface area (Å²) in [6.07, 6.45) is 5.22. The van der Waals surface area contributed by atoms with Gasteiger partial charge in [-0.05, 0) is 42.9 Å². The molecule has 0 aromatic carbocycles. The average molecular weight is 347 g/mol. The molecular formula is C18H25N3O2S. The van der Waals surface area contributed by atoms with Crippen LogP contribution in [0.2, 0.25) is 0 Å². The van der Waals surface area contributed by atoms with E-state index in [1.807, 2.05) is 24.3 Å². The molecule has 2 heterocycles. The number of carbonyl (C=O) groups excluding carboxylic acids is 1. The summed E-state index contributed by atoms with van der Waals surface area (Å²) < 4.78 is 5.55. The second-order valence-electron chi connectivity index (χ2n) is 5.40. The summed E-state index contributed by atoms with van der Waals surface area (Å²) in [5.41, 5.74) is 1.18. The van der Waals surface area contributed by atoms with Crippen LogP contribution in [0.25, 0.3) is 0 Å². The Balaban J connectivity index is 1.79. The lowest BCUT2D eigenvalue weighted by atomic mass is 10.2. The van der Waals surface area contributed by atoms with Crippen LogP contribution < -0.4 is 5.32 Å². The van der Waals surface area contributed by atoms with Crippen LogP contribution in [-0.4, -0.2) is 41.2 Å². The second kappa shape index (κ2) is 10.2. The largest absolute Gasteiger partial charge is 0.468 e. The molecule has 2 aromatic rings. The summed E-state index contributed by atoms with van der Waals surface area (Å²) in [5.74, 6) is 2.21. The normalized spacial score (nSPS) is 12.3. The van der Waals surface area contributed by atoms with Gasteiger partial charge in [0, 0.05) is 24.7 Å². The van der Waals surface area contributed by atoms with Crippen LogP contribution in [-0.2, 0) is 10.5 Å². The van der Waals surface area contributed by atoms with Gasteiger partial charge in [-0.25, -0.2) is 0 Å². The minimum absolute atomic E-state index is 0.0535. The Morgan fingerprint density at radius 2 is 2.04 bits per heavy atom. The molecule has 0 radical (unpaired) electrons. The van der Waals surface area contributed by atoms with Gasteiger partial charge in [-0.2, -0.15) is 0 Å². The number of likely N-dealkylation sites (N-methyl/N-ethyl adjacent to an activating group) is 1. The molecule has 24 heavy (non-hydrogen) atoms. The first-order valence-corrected chi connectivity index (χ1v) is 9.40. The first-order chi connectivity index (χ1) is 11.7. The van der Waals surface area contributed by atoms with Crippen molar-refractivity contribution in [1.29, 1.82) is 0 Å². The molecule has 0 aliphatic carbocycles. The van der Waals surface area contributed by atoms with E-state index in [9.17, 15) is 4.79 Å². The van der Waals surface area contributed by atoms with Crippen molar-refractivity contribution in [1.82, 2.24) is 15.2 Å². The molecule has 0 spiro atoms. The predicted molar refractivity (Wildman–Crippen MR) is 97.8 cm³/mol. The third-order valence-corrected chi connectivity index (χ3v) is 4.87. The molecule has 0 bridgehead atoms. The van der Waals surface area contributed by atoms with Gasteiger partial charge >= 0.3 is 0 Å². The SMILES string of the molecule is CCN(CC)[C@@H](CNC(=O)CSCc1ccncc1)c1ccco1. The maximum atomic E-state index is 12.1. The van der Waals surface area contributed by atoms with Gasteiger partial charge in [-0.3, -0.25) is 14.7 Å². The lowest BCUT2D eigenvalue weighted by Crippen LogP contribution is -2.38. The van der Waals surface area contributed by atoms with Crippen LogP contribution in [0, 0.1) is 0 Å². The summed E-state index contributed by atoms with van der Waals surface area (Å²) in [7, 11) is 0. The molecule has 0 aliphatic rings. The van der Waals surface area contributed by atoms with Crippen molar-refractivity contribution < 1.29 is 9.21 Å². The van der Waals surface area contributed by atoms with E-state index in [1.165, 1.54) is 5.56 Å². The van der Waals surface area contributed by atoms with Crippen molar-refractivity contribution >= 4 is 17.7 Å². The molecule has 0 saturated carbocycles. The summed E-state index contributed by atoms with van der Waals surface area (Å²) in [6.45, 7) is 6.62. The monoisotopic (exact) mass is 347 g/mol. The van der Waals surface area contributed by atoms with Gasteiger partial charge < -0.3 is 9.73 Å². The minimum atomic E-state index is 0.0535. The Hall–Kier alpha value is -1.79. The van der Waals surface area contributed by atoms with Crippen molar-refractivity contribution in [2.24, 2.45) is 0 Å². The molecule has 130 valence electrons. The zero-order valence-electron chi connectivity index (χ0n) is 14.3. The van der Waals surface area contributed by atoms with E-state index in [4.69, 9.17) is 4.42 Å². The highest BCUT2D eigenvalue weighted by Crippen LogP contribution is 2.20. The van der Waals surface area contributed by atoms with Crippen molar-refractivity contribution in [3.8, 4) is 0 Å². The molecule has 6 heteroatoms. The number of aromatic nitrogens is 1. The first-order valence-electron chi connectivity index (χ1n) is 8.25. The first kappa shape index (κ1) is 18.5. The Labute approximate surface area is 147 Å². The molecule has 2 aromatic heterocycles. The highest BCUT2D eigenvalue weighted by Gasteiger charge is 2.21. The molecule has 1 atom stereocenters. The average Bonchev–Trinajstić information content (AvgIpc) is 3.14. The summed E-state index contributed by atoms with van der Waals surface area (Å²) in [4.78, 5) is 18.4. The van der Waals surface area contributed by atoms with Gasteiger partial charge in [-0.15, -0.1) is 11.8 Å².